The summed E-state index contributed by atoms with van der Waals surface area (Å²) in [6.45, 7) is 6.78. The largest absolute Gasteiger partial charge is 0.381 e. The van der Waals surface area contributed by atoms with Crippen LogP contribution in [0.1, 0.15) is 63.4 Å². The molecular weight excluding hydrogens is 334 g/mol. The van der Waals surface area contributed by atoms with Gasteiger partial charge in [-0.1, -0.05) is 25.3 Å². The van der Waals surface area contributed by atoms with Crippen LogP contribution >= 0.6 is 0 Å². The minimum Gasteiger partial charge on any atom is -0.381 e. The van der Waals surface area contributed by atoms with Crippen LogP contribution in [-0.4, -0.2) is 59.7 Å². The van der Waals surface area contributed by atoms with Crippen LogP contribution in [0, 0.1) is 5.92 Å². The molecule has 1 aliphatic carbocycles. The Labute approximate surface area is 165 Å². The van der Waals surface area contributed by atoms with Crippen molar-refractivity contribution in [2.24, 2.45) is 5.92 Å². The van der Waals surface area contributed by atoms with Crippen molar-refractivity contribution in [2.75, 3.05) is 32.8 Å². The van der Waals surface area contributed by atoms with Crippen LogP contribution in [0.4, 0.5) is 0 Å². The highest BCUT2D eigenvalue weighted by molar-refractivity contribution is 5.08. The smallest absolute Gasteiger partial charge is 0.0480 e. The van der Waals surface area contributed by atoms with Crippen LogP contribution in [0.2, 0.25) is 0 Å². The molecule has 150 valence electrons. The molecule has 1 saturated carbocycles. The van der Waals surface area contributed by atoms with E-state index in [2.05, 4.69) is 26.9 Å². The van der Waals surface area contributed by atoms with Gasteiger partial charge >= 0.3 is 0 Å². The zero-order chi connectivity index (χ0) is 18.3. The molecule has 0 radical (unpaired) electrons. The highest BCUT2D eigenvalue weighted by Gasteiger charge is 2.30. The minimum atomic E-state index is 0.670. The van der Waals surface area contributed by atoms with Gasteiger partial charge in [-0.25, -0.2) is 0 Å². The van der Waals surface area contributed by atoms with E-state index in [0.29, 0.717) is 6.04 Å². The fourth-order valence-electron chi connectivity index (χ4n) is 5.47. The zero-order valence-electron chi connectivity index (χ0n) is 16.9. The van der Waals surface area contributed by atoms with Gasteiger partial charge < -0.3 is 9.64 Å². The van der Waals surface area contributed by atoms with Crippen molar-refractivity contribution < 1.29 is 4.74 Å². The third-order valence-electron chi connectivity index (χ3n) is 6.95. The van der Waals surface area contributed by atoms with E-state index in [4.69, 9.17) is 4.74 Å². The molecule has 3 fully saturated rings. The first-order valence-corrected chi connectivity index (χ1v) is 11.3. The van der Waals surface area contributed by atoms with E-state index in [-0.39, 0.29) is 0 Å². The quantitative estimate of drug-likeness (QED) is 0.752. The third-order valence-corrected chi connectivity index (χ3v) is 6.95. The predicted octanol–water partition coefficient (Wildman–Crippen LogP) is 4.11. The molecule has 4 nitrogen and oxygen atoms in total. The molecule has 1 atom stereocenters. The Morgan fingerprint density at radius 3 is 2.67 bits per heavy atom. The van der Waals surface area contributed by atoms with Gasteiger partial charge in [0.2, 0.25) is 0 Å². The van der Waals surface area contributed by atoms with Crippen LogP contribution in [0.25, 0.3) is 0 Å². The van der Waals surface area contributed by atoms with Gasteiger partial charge in [0.05, 0.1) is 0 Å². The Bertz CT molecular complexity index is 540. The van der Waals surface area contributed by atoms with E-state index < -0.39 is 0 Å². The lowest BCUT2D eigenvalue weighted by atomic mass is 9.89. The number of likely N-dealkylation sites (tertiary alicyclic amines) is 1. The Morgan fingerprint density at radius 1 is 1.04 bits per heavy atom. The second-order valence-corrected chi connectivity index (χ2v) is 8.93. The Kier molecular flexibility index (Phi) is 7.16. The minimum absolute atomic E-state index is 0.670. The van der Waals surface area contributed by atoms with Gasteiger partial charge in [0.15, 0.2) is 0 Å². The fourth-order valence-corrected chi connectivity index (χ4v) is 5.47. The molecule has 0 aromatic carbocycles. The van der Waals surface area contributed by atoms with Gasteiger partial charge in [0.25, 0.3) is 0 Å². The van der Waals surface area contributed by atoms with Gasteiger partial charge in [-0.3, -0.25) is 9.88 Å². The van der Waals surface area contributed by atoms with Crippen molar-refractivity contribution >= 4 is 0 Å². The van der Waals surface area contributed by atoms with Crippen molar-refractivity contribution in [1.29, 1.82) is 0 Å². The van der Waals surface area contributed by atoms with Crippen LogP contribution in [0.3, 0.4) is 0 Å². The highest BCUT2D eigenvalue weighted by Crippen LogP contribution is 2.28. The molecule has 0 bridgehead atoms. The van der Waals surface area contributed by atoms with Crippen molar-refractivity contribution in [2.45, 2.75) is 76.4 Å². The van der Waals surface area contributed by atoms with E-state index in [1.54, 1.807) is 0 Å². The number of aromatic nitrogens is 1. The van der Waals surface area contributed by atoms with Crippen molar-refractivity contribution in [1.82, 2.24) is 14.8 Å². The van der Waals surface area contributed by atoms with E-state index >= 15 is 0 Å². The topological polar surface area (TPSA) is 28.6 Å². The van der Waals surface area contributed by atoms with Crippen LogP contribution in [-0.2, 0) is 11.3 Å². The molecule has 2 aliphatic heterocycles. The van der Waals surface area contributed by atoms with Crippen molar-refractivity contribution in [3.05, 3.63) is 30.1 Å². The predicted molar refractivity (Wildman–Crippen MR) is 110 cm³/mol. The number of ether oxygens (including phenoxy) is 1. The maximum atomic E-state index is 5.64. The Hall–Kier alpha value is -0.970. The molecule has 1 unspecified atom stereocenters. The lowest BCUT2D eigenvalue weighted by molar-refractivity contribution is 0.0136. The number of hydrogen-bond acceptors (Lipinski definition) is 4. The first-order valence-electron chi connectivity index (χ1n) is 11.3. The SMILES string of the molecule is c1cncc(CN(CC2CCCN(C3CCCCC3)C2)C2CCOCC2)c1. The molecule has 0 amide bonds. The molecule has 1 aromatic heterocycles. The fraction of sp³-hybridized carbons (Fsp3) is 0.783. The van der Waals surface area contributed by atoms with Crippen LogP contribution in [0.5, 0.6) is 0 Å². The number of nitrogens with zero attached hydrogens (tertiary/aromatic N) is 3. The second-order valence-electron chi connectivity index (χ2n) is 8.93. The normalized spacial score (nSPS) is 26.5. The lowest BCUT2D eigenvalue weighted by Crippen LogP contribution is -2.48. The van der Waals surface area contributed by atoms with E-state index in [1.165, 1.54) is 83.0 Å². The molecule has 0 N–H and O–H groups in total. The number of pyridine rings is 1. The van der Waals surface area contributed by atoms with Gasteiger partial charge in [-0.15, -0.1) is 0 Å². The van der Waals surface area contributed by atoms with Crippen molar-refractivity contribution in [3.63, 3.8) is 0 Å². The summed E-state index contributed by atoms with van der Waals surface area (Å²) in [7, 11) is 0. The summed E-state index contributed by atoms with van der Waals surface area (Å²) in [5.41, 5.74) is 1.35. The monoisotopic (exact) mass is 371 g/mol. The molecular formula is C23H37N3O. The van der Waals surface area contributed by atoms with E-state index in [1.807, 2.05) is 12.4 Å². The molecule has 4 heteroatoms. The summed E-state index contributed by atoms with van der Waals surface area (Å²) < 4.78 is 5.64. The summed E-state index contributed by atoms with van der Waals surface area (Å²) in [4.78, 5) is 9.95. The van der Waals surface area contributed by atoms with Gasteiger partial charge in [0.1, 0.15) is 0 Å². The first kappa shape index (κ1) is 19.4. The highest BCUT2D eigenvalue weighted by atomic mass is 16.5. The Balaban J connectivity index is 1.38. The summed E-state index contributed by atoms with van der Waals surface area (Å²) >= 11 is 0. The number of rotatable bonds is 6. The number of piperidine rings is 1. The molecule has 1 aromatic rings. The zero-order valence-corrected chi connectivity index (χ0v) is 16.9. The van der Waals surface area contributed by atoms with Crippen LogP contribution < -0.4 is 0 Å². The standard InChI is InChI=1S/C23H37N3O/c1-2-8-22(9-3-1)25-13-5-7-21(18-25)19-26(23-10-14-27-15-11-23)17-20-6-4-12-24-16-20/h4,6,12,16,21-23H,1-3,5,7-11,13-15,17-19H2. The van der Waals surface area contributed by atoms with Gasteiger partial charge in [-0.05, 0) is 62.6 Å². The Morgan fingerprint density at radius 2 is 1.89 bits per heavy atom. The maximum absolute atomic E-state index is 5.64. The lowest BCUT2D eigenvalue weighted by Gasteiger charge is -2.43. The summed E-state index contributed by atoms with van der Waals surface area (Å²) in [6.07, 6.45) is 16.3. The van der Waals surface area contributed by atoms with Crippen LogP contribution in [0.15, 0.2) is 24.5 Å². The van der Waals surface area contributed by atoms with E-state index in [0.717, 1.165) is 31.7 Å². The van der Waals surface area contributed by atoms with Gasteiger partial charge in [-0.2, -0.15) is 0 Å². The number of hydrogen-bond donors (Lipinski definition) is 0. The summed E-state index contributed by atoms with van der Waals surface area (Å²) in [5, 5.41) is 0. The molecule has 4 rings (SSSR count). The third kappa shape index (κ3) is 5.52. The molecule has 0 spiro atoms. The molecule has 3 heterocycles. The van der Waals surface area contributed by atoms with Crippen molar-refractivity contribution in [3.8, 4) is 0 Å². The van der Waals surface area contributed by atoms with E-state index in [9.17, 15) is 0 Å². The average molecular weight is 372 g/mol. The van der Waals surface area contributed by atoms with Gasteiger partial charge in [0, 0.05) is 57.3 Å². The summed E-state index contributed by atoms with van der Waals surface area (Å²) in [6, 6.07) is 5.85. The molecule has 2 saturated heterocycles. The molecule has 27 heavy (non-hydrogen) atoms. The molecule has 3 aliphatic rings. The first-order chi connectivity index (χ1) is 13.4. The summed E-state index contributed by atoms with van der Waals surface area (Å²) in [5.74, 6) is 0.820. The second kappa shape index (κ2) is 9.99. The average Bonchev–Trinajstić information content (AvgIpc) is 2.75. The maximum Gasteiger partial charge on any atom is 0.0480 e.